The SMILES string of the molecule is c1cnn(-c2ccc3c(c2)C2c4cc(-n5cccn5)ccc4C3c3ccc(-n4cccn4)cc32)c1. The van der Waals surface area contributed by atoms with Gasteiger partial charge in [0.25, 0.3) is 0 Å². The fourth-order valence-electron chi connectivity index (χ4n) is 5.92. The first kappa shape index (κ1) is 18.7. The summed E-state index contributed by atoms with van der Waals surface area (Å²) in [5.74, 6) is 0.326. The van der Waals surface area contributed by atoms with Gasteiger partial charge in [0.15, 0.2) is 0 Å². The molecule has 2 bridgehead atoms. The fraction of sp³-hybridized carbons (Fsp3) is 0.0690. The Morgan fingerprint density at radius 2 is 0.771 bits per heavy atom. The average molecular weight is 453 g/mol. The molecule has 0 saturated carbocycles. The van der Waals surface area contributed by atoms with Gasteiger partial charge in [0.1, 0.15) is 0 Å². The van der Waals surface area contributed by atoms with Crippen molar-refractivity contribution in [3.63, 3.8) is 0 Å². The molecule has 0 fully saturated rings. The van der Waals surface area contributed by atoms with Gasteiger partial charge in [-0.1, -0.05) is 18.2 Å². The van der Waals surface area contributed by atoms with E-state index in [2.05, 4.69) is 69.9 Å². The highest BCUT2D eigenvalue weighted by Crippen LogP contribution is 2.56. The minimum Gasteiger partial charge on any atom is -0.241 e. The molecule has 0 atom stereocenters. The van der Waals surface area contributed by atoms with Crippen LogP contribution in [-0.4, -0.2) is 29.3 Å². The number of nitrogens with zero attached hydrogens (tertiary/aromatic N) is 6. The van der Waals surface area contributed by atoms with Gasteiger partial charge >= 0.3 is 0 Å². The molecule has 0 radical (unpaired) electrons. The molecule has 166 valence electrons. The summed E-state index contributed by atoms with van der Waals surface area (Å²) in [5.41, 5.74) is 11.4. The Labute approximate surface area is 201 Å². The van der Waals surface area contributed by atoms with Gasteiger partial charge in [0.2, 0.25) is 0 Å². The van der Waals surface area contributed by atoms with Crippen molar-refractivity contribution in [1.29, 1.82) is 0 Å². The molecular formula is C29H20N6. The lowest BCUT2D eigenvalue weighted by molar-refractivity contribution is 0.742. The van der Waals surface area contributed by atoms with Crippen LogP contribution in [0, 0.1) is 0 Å². The van der Waals surface area contributed by atoms with E-state index in [0.717, 1.165) is 17.1 Å². The van der Waals surface area contributed by atoms with Crippen molar-refractivity contribution in [2.45, 2.75) is 11.8 Å². The molecule has 0 aliphatic heterocycles. The Bertz CT molecular complexity index is 1490. The van der Waals surface area contributed by atoms with Gasteiger partial charge < -0.3 is 0 Å². The first-order chi connectivity index (χ1) is 17.3. The normalized spacial score (nSPS) is 17.1. The second-order valence-electron chi connectivity index (χ2n) is 9.16. The standard InChI is InChI=1S/C29H20N6/c1-10-30-33(13-1)19-4-7-22-25(16-19)29-26-17-20(34-14-2-11-31-34)5-8-23(26)28(22)24-9-6-21(18-27(24)29)35-15-3-12-32-35/h1-18,28-29H. The molecule has 0 spiro atoms. The van der Waals surface area contributed by atoms with Crippen LogP contribution in [0.2, 0.25) is 0 Å². The van der Waals surface area contributed by atoms with E-state index in [1.54, 1.807) is 0 Å². The molecule has 3 aliphatic rings. The summed E-state index contributed by atoms with van der Waals surface area (Å²) in [6.45, 7) is 0. The van der Waals surface area contributed by atoms with Crippen molar-refractivity contribution in [3.8, 4) is 17.1 Å². The van der Waals surface area contributed by atoms with Crippen LogP contribution in [0.25, 0.3) is 17.1 Å². The molecule has 0 N–H and O–H groups in total. The van der Waals surface area contributed by atoms with Gasteiger partial charge in [0, 0.05) is 49.0 Å². The van der Waals surface area contributed by atoms with E-state index in [-0.39, 0.29) is 11.8 Å². The van der Waals surface area contributed by atoms with Crippen LogP contribution in [0.15, 0.2) is 110 Å². The monoisotopic (exact) mass is 452 g/mol. The molecule has 3 aromatic heterocycles. The summed E-state index contributed by atoms with van der Waals surface area (Å²) < 4.78 is 5.81. The Hall–Kier alpha value is -4.71. The largest absolute Gasteiger partial charge is 0.241 e. The van der Waals surface area contributed by atoms with Crippen LogP contribution in [0.1, 0.15) is 45.2 Å². The topological polar surface area (TPSA) is 53.5 Å². The molecule has 35 heavy (non-hydrogen) atoms. The summed E-state index contributed by atoms with van der Waals surface area (Å²) >= 11 is 0. The summed E-state index contributed by atoms with van der Waals surface area (Å²) in [4.78, 5) is 0. The molecule has 6 heteroatoms. The van der Waals surface area contributed by atoms with E-state index >= 15 is 0 Å². The number of aromatic nitrogens is 6. The average Bonchev–Trinajstić information content (AvgIpc) is 3.71. The van der Waals surface area contributed by atoms with Crippen LogP contribution < -0.4 is 0 Å². The maximum atomic E-state index is 4.48. The smallest absolute Gasteiger partial charge is 0.0648 e. The molecule has 3 aliphatic carbocycles. The Kier molecular flexibility index (Phi) is 3.68. The summed E-state index contributed by atoms with van der Waals surface area (Å²) in [7, 11) is 0. The van der Waals surface area contributed by atoms with Crippen LogP contribution in [0.4, 0.5) is 0 Å². The van der Waals surface area contributed by atoms with Gasteiger partial charge in [-0.2, -0.15) is 15.3 Å². The van der Waals surface area contributed by atoms with Gasteiger partial charge in [-0.15, -0.1) is 0 Å². The van der Waals surface area contributed by atoms with Crippen molar-refractivity contribution < 1.29 is 0 Å². The van der Waals surface area contributed by atoms with Crippen LogP contribution in [-0.2, 0) is 0 Å². The fourth-order valence-corrected chi connectivity index (χ4v) is 5.92. The lowest BCUT2D eigenvalue weighted by Gasteiger charge is -2.42. The quantitative estimate of drug-likeness (QED) is 0.369. The molecule has 3 heterocycles. The zero-order chi connectivity index (χ0) is 22.9. The minimum absolute atomic E-state index is 0.126. The van der Waals surface area contributed by atoms with E-state index in [1.807, 2.05) is 69.4 Å². The van der Waals surface area contributed by atoms with Crippen molar-refractivity contribution >= 4 is 0 Å². The van der Waals surface area contributed by atoms with Gasteiger partial charge in [0.05, 0.1) is 17.1 Å². The molecule has 9 rings (SSSR count). The van der Waals surface area contributed by atoms with E-state index < -0.39 is 0 Å². The van der Waals surface area contributed by atoms with Crippen molar-refractivity contribution in [1.82, 2.24) is 29.3 Å². The zero-order valence-electron chi connectivity index (χ0n) is 18.7. The lowest BCUT2D eigenvalue weighted by atomic mass is 9.61. The first-order valence-corrected chi connectivity index (χ1v) is 11.8. The Balaban J connectivity index is 1.38. The molecule has 0 saturated heterocycles. The van der Waals surface area contributed by atoms with Crippen LogP contribution in [0.5, 0.6) is 0 Å². The molecule has 3 aromatic carbocycles. The van der Waals surface area contributed by atoms with Crippen LogP contribution in [0.3, 0.4) is 0 Å². The molecular weight excluding hydrogens is 432 g/mol. The second-order valence-corrected chi connectivity index (χ2v) is 9.16. The number of hydrogen-bond donors (Lipinski definition) is 0. The van der Waals surface area contributed by atoms with Crippen molar-refractivity contribution in [3.05, 3.63) is 143 Å². The molecule has 6 nitrogen and oxygen atoms in total. The highest BCUT2D eigenvalue weighted by atomic mass is 15.3. The predicted octanol–water partition coefficient (Wildman–Crippen LogP) is 5.23. The summed E-state index contributed by atoms with van der Waals surface area (Å²) in [5, 5.41) is 13.4. The maximum absolute atomic E-state index is 4.48. The van der Waals surface area contributed by atoms with E-state index in [1.165, 1.54) is 33.4 Å². The van der Waals surface area contributed by atoms with E-state index in [0.29, 0.717) is 0 Å². The van der Waals surface area contributed by atoms with Crippen molar-refractivity contribution in [2.24, 2.45) is 0 Å². The lowest BCUT2D eigenvalue weighted by Crippen LogP contribution is -2.28. The zero-order valence-corrected chi connectivity index (χ0v) is 18.7. The van der Waals surface area contributed by atoms with Gasteiger partial charge in [-0.05, 0) is 88.0 Å². The third kappa shape index (κ3) is 2.62. The number of hydrogen-bond acceptors (Lipinski definition) is 3. The highest BCUT2D eigenvalue weighted by molar-refractivity contribution is 5.71. The minimum atomic E-state index is 0.126. The predicted molar refractivity (Wildman–Crippen MR) is 133 cm³/mol. The van der Waals surface area contributed by atoms with E-state index in [4.69, 9.17) is 0 Å². The van der Waals surface area contributed by atoms with Gasteiger partial charge in [-0.3, -0.25) is 0 Å². The van der Waals surface area contributed by atoms with Crippen molar-refractivity contribution in [2.75, 3.05) is 0 Å². The maximum Gasteiger partial charge on any atom is 0.0648 e. The summed E-state index contributed by atoms with van der Waals surface area (Å²) in [6, 6.07) is 26.2. The van der Waals surface area contributed by atoms with E-state index in [9.17, 15) is 0 Å². The highest BCUT2D eigenvalue weighted by Gasteiger charge is 2.41. The number of benzene rings is 3. The first-order valence-electron chi connectivity index (χ1n) is 11.8. The number of rotatable bonds is 3. The third-order valence-corrected chi connectivity index (χ3v) is 7.38. The molecule has 0 unspecified atom stereocenters. The third-order valence-electron chi connectivity index (χ3n) is 7.38. The summed E-state index contributed by atoms with van der Waals surface area (Å²) in [6.07, 6.45) is 11.5. The Morgan fingerprint density at radius 1 is 0.429 bits per heavy atom. The van der Waals surface area contributed by atoms with Gasteiger partial charge in [-0.25, -0.2) is 14.0 Å². The Morgan fingerprint density at radius 3 is 1.09 bits per heavy atom. The second kappa shape index (κ2) is 6.90. The molecule has 6 aromatic rings. The van der Waals surface area contributed by atoms with Crippen LogP contribution >= 0.6 is 0 Å². The molecule has 0 amide bonds.